The number of anilines is 2. The average Bonchev–Trinajstić information content (AvgIpc) is 3.26. The molecule has 0 saturated heterocycles. The van der Waals surface area contributed by atoms with Gasteiger partial charge >= 0.3 is 12.0 Å². The lowest BCUT2D eigenvalue weighted by atomic mass is 9.81. The van der Waals surface area contributed by atoms with Crippen molar-refractivity contribution >= 4 is 52.2 Å². The number of thiophene rings is 1. The van der Waals surface area contributed by atoms with Crippen LogP contribution in [0.3, 0.4) is 0 Å². The van der Waals surface area contributed by atoms with E-state index in [0.29, 0.717) is 29.2 Å². The predicted octanol–water partition coefficient (Wildman–Crippen LogP) is 7.16. The van der Waals surface area contributed by atoms with Gasteiger partial charge in [0.2, 0.25) is 0 Å². The largest absolute Gasteiger partial charge is 0.480 e. The normalized spacial score (nSPS) is 14.6. The molecule has 1 aliphatic rings. The van der Waals surface area contributed by atoms with Gasteiger partial charge in [0.1, 0.15) is 10.4 Å². The van der Waals surface area contributed by atoms with Crippen molar-refractivity contribution in [3.05, 3.63) is 69.1 Å². The molecule has 0 atom stereocenters. The van der Waals surface area contributed by atoms with Crippen molar-refractivity contribution < 1.29 is 19.5 Å². The minimum absolute atomic E-state index is 0.239. The zero-order valence-electron chi connectivity index (χ0n) is 21.0. The highest BCUT2D eigenvalue weighted by atomic mass is 35.5. The smallest absolute Gasteiger partial charge is 0.329 e. The molecule has 0 spiro atoms. The van der Waals surface area contributed by atoms with Crippen LogP contribution in [0.2, 0.25) is 5.02 Å². The number of carboxylic acids is 1. The Hall–Kier alpha value is -3.36. The number of urea groups is 1. The average molecular weight is 540 g/mol. The monoisotopic (exact) mass is 539 g/mol. The van der Waals surface area contributed by atoms with Crippen LogP contribution in [-0.4, -0.2) is 28.6 Å². The van der Waals surface area contributed by atoms with Crippen LogP contribution in [0.4, 0.5) is 16.2 Å². The lowest BCUT2D eigenvalue weighted by Gasteiger charge is -2.33. The van der Waals surface area contributed by atoms with Crippen molar-refractivity contribution in [1.82, 2.24) is 5.32 Å². The minimum atomic E-state index is -1.31. The third-order valence-corrected chi connectivity index (χ3v) is 8.13. The summed E-state index contributed by atoms with van der Waals surface area (Å²) < 4.78 is 0. The second-order valence-electron chi connectivity index (χ2n) is 9.62. The SMILES string of the molecule is Cc1cc(C)c(NC(=O)Nc2cc(-c3ccc(Cl)cc3)sc2C(=O)NC2(C(=O)O)CCCCC2)c(C)c1. The fourth-order valence-electron chi connectivity index (χ4n) is 4.87. The molecule has 0 unspecified atom stereocenters. The van der Waals surface area contributed by atoms with Gasteiger partial charge in [-0.3, -0.25) is 4.79 Å². The summed E-state index contributed by atoms with van der Waals surface area (Å²) in [7, 11) is 0. The standard InChI is InChI=1S/C28H30ClN3O4S/c1-16-13-17(2)23(18(3)14-16)31-27(36)30-21-15-22(19-7-9-20(29)10-8-19)37-24(21)25(33)32-28(26(34)35)11-5-4-6-12-28/h7-10,13-15H,4-6,11-12H2,1-3H3,(H,32,33)(H,34,35)(H2,30,31,36). The summed E-state index contributed by atoms with van der Waals surface area (Å²) in [5, 5.41) is 19.0. The molecule has 3 amide bonds. The van der Waals surface area contributed by atoms with E-state index in [1.54, 1.807) is 18.2 Å². The Balaban J connectivity index is 1.65. The number of hydrogen-bond donors (Lipinski definition) is 4. The molecular weight excluding hydrogens is 510 g/mol. The van der Waals surface area contributed by atoms with Gasteiger partial charge in [-0.1, -0.05) is 60.7 Å². The lowest BCUT2D eigenvalue weighted by Crippen LogP contribution is -2.55. The Morgan fingerprint density at radius 1 is 0.919 bits per heavy atom. The van der Waals surface area contributed by atoms with Gasteiger partial charge in [-0.05, 0) is 68.5 Å². The highest BCUT2D eigenvalue weighted by Crippen LogP contribution is 2.37. The molecule has 1 saturated carbocycles. The molecule has 1 aliphatic carbocycles. The van der Waals surface area contributed by atoms with Crippen LogP contribution >= 0.6 is 22.9 Å². The van der Waals surface area contributed by atoms with Crippen molar-refractivity contribution in [3.8, 4) is 10.4 Å². The fraction of sp³-hybridized carbons (Fsp3) is 0.321. The van der Waals surface area contributed by atoms with E-state index >= 15 is 0 Å². The van der Waals surface area contributed by atoms with Crippen LogP contribution < -0.4 is 16.0 Å². The van der Waals surface area contributed by atoms with Crippen LogP contribution in [0.5, 0.6) is 0 Å². The second kappa shape index (κ2) is 10.9. The molecule has 4 N–H and O–H groups in total. The molecule has 1 aromatic heterocycles. The van der Waals surface area contributed by atoms with E-state index in [9.17, 15) is 19.5 Å². The second-order valence-corrected chi connectivity index (χ2v) is 11.1. The van der Waals surface area contributed by atoms with Gasteiger partial charge in [0.15, 0.2) is 0 Å². The van der Waals surface area contributed by atoms with E-state index in [2.05, 4.69) is 16.0 Å². The highest BCUT2D eigenvalue weighted by molar-refractivity contribution is 7.18. The number of aliphatic carboxylic acids is 1. The number of hydrogen-bond acceptors (Lipinski definition) is 4. The Labute approximate surface area is 225 Å². The third-order valence-electron chi connectivity index (χ3n) is 6.70. The van der Waals surface area contributed by atoms with Crippen LogP contribution in [0, 0.1) is 20.8 Å². The van der Waals surface area contributed by atoms with Gasteiger partial charge in [-0.25, -0.2) is 9.59 Å². The van der Waals surface area contributed by atoms with Gasteiger partial charge < -0.3 is 21.1 Å². The molecule has 9 heteroatoms. The molecule has 1 heterocycles. The highest BCUT2D eigenvalue weighted by Gasteiger charge is 2.41. The molecule has 4 rings (SSSR count). The maximum atomic E-state index is 13.5. The lowest BCUT2D eigenvalue weighted by molar-refractivity contribution is -0.145. The summed E-state index contributed by atoms with van der Waals surface area (Å²) >= 11 is 7.23. The van der Waals surface area contributed by atoms with E-state index in [0.717, 1.165) is 46.4 Å². The van der Waals surface area contributed by atoms with Crippen LogP contribution in [0.25, 0.3) is 10.4 Å². The number of carbonyl (C=O) groups is 3. The summed E-state index contributed by atoms with van der Waals surface area (Å²) in [5.41, 5.74) is 3.48. The number of carbonyl (C=O) groups excluding carboxylic acids is 2. The van der Waals surface area contributed by atoms with Gasteiger partial charge in [-0.15, -0.1) is 11.3 Å². The van der Waals surface area contributed by atoms with E-state index in [1.807, 2.05) is 45.0 Å². The number of aryl methyl sites for hydroxylation is 3. The number of halogens is 1. The number of rotatable bonds is 6. The van der Waals surface area contributed by atoms with Crippen LogP contribution in [0.15, 0.2) is 42.5 Å². The molecule has 0 aliphatic heterocycles. The molecule has 2 aromatic carbocycles. The van der Waals surface area contributed by atoms with Crippen molar-refractivity contribution in [2.45, 2.75) is 58.4 Å². The quantitative estimate of drug-likeness (QED) is 0.266. The Morgan fingerprint density at radius 2 is 1.54 bits per heavy atom. The number of amides is 3. The van der Waals surface area contributed by atoms with E-state index in [1.165, 1.54) is 11.3 Å². The first kappa shape index (κ1) is 26.7. The van der Waals surface area contributed by atoms with E-state index < -0.39 is 23.4 Å². The summed E-state index contributed by atoms with van der Waals surface area (Å²) in [6.07, 6.45) is 3.15. The summed E-state index contributed by atoms with van der Waals surface area (Å²) in [6.45, 7) is 5.84. The van der Waals surface area contributed by atoms with E-state index in [-0.39, 0.29) is 4.88 Å². The van der Waals surface area contributed by atoms with Crippen LogP contribution in [-0.2, 0) is 4.79 Å². The zero-order chi connectivity index (χ0) is 26.7. The van der Waals surface area contributed by atoms with Gasteiger partial charge in [-0.2, -0.15) is 0 Å². The molecular formula is C28H30ClN3O4S. The fourth-order valence-corrected chi connectivity index (χ4v) is 6.02. The van der Waals surface area contributed by atoms with E-state index in [4.69, 9.17) is 11.6 Å². The van der Waals surface area contributed by atoms with Gasteiger partial charge in [0.25, 0.3) is 5.91 Å². The maximum absolute atomic E-state index is 13.5. The maximum Gasteiger partial charge on any atom is 0.329 e. The number of nitrogens with one attached hydrogen (secondary N) is 3. The Morgan fingerprint density at radius 3 is 2.14 bits per heavy atom. The van der Waals surface area contributed by atoms with Gasteiger partial charge in [0, 0.05) is 15.6 Å². The molecule has 7 nitrogen and oxygen atoms in total. The molecule has 0 bridgehead atoms. The third kappa shape index (κ3) is 5.97. The first-order chi connectivity index (χ1) is 17.6. The first-order valence-corrected chi connectivity index (χ1v) is 13.4. The van der Waals surface area contributed by atoms with Crippen LogP contribution in [0.1, 0.15) is 58.5 Å². The number of benzene rings is 2. The molecule has 1 fully saturated rings. The van der Waals surface area contributed by atoms with Crippen molar-refractivity contribution in [3.63, 3.8) is 0 Å². The van der Waals surface area contributed by atoms with Crippen molar-refractivity contribution in [1.29, 1.82) is 0 Å². The topological polar surface area (TPSA) is 108 Å². The molecule has 0 radical (unpaired) electrons. The first-order valence-electron chi connectivity index (χ1n) is 12.2. The minimum Gasteiger partial charge on any atom is -0.480 e. The number of carboxylic acid groups (broad SMARTS) is 1. The predicted molar refractivity (Wildman–Crippen MR) is 149 cm³/mol. The molecule has 194 valence electrons. The summed E-state index contributed by atoms with van der Waals surface area (Å²) in [6, 6.07) is 12.4. The molecule has 37 heavy (non-hydrogen) atoms. The summed E-state index contributed by atoms with van der Waals surface area (Å²) in [4.78, 5) is 39.6. The van der Waals surface area contributed by atoms with Gasteiger partial charge in [0.05, 0.1) is 5.69 Å². The summed E-state index contributed by atoms with van der Waals surface area (Å²) in [5.74, 6) is -1.56. The van der Waals surface area contributed by atoms with Crippen molar-refractivity contribution in [2.75, 3.05) is 10.6 Å². The molecule has 3 aromatic rings. The Kier molecular flexibility index (Phi) is 7.90. The Bertz CT molecular complexity index is 1320. The van der Waals surface area contributed by atoms with Crippen molar-refractivity contribution in [2.24, 2.45) is 0 Å². The zero-order valence-corrected chi connectivity index (χ0v) is 22.6.